The standard InChI is InChI=1S/C26H30N8O.ClH/c1-18-13-27-15-26(30-18)33-10-8-20(9-11-33)14-28-25-7-5-22(31-32-25)21-4-6-23(24(12-21)35-3)34-16-19(2)29-17-34;/h4-7,12-13,15-17,20H,8-11,14H2,1-3H3,(H,28,32);1H. The zero-order chi connectivity index (χ0) is 24.2. The lowest BCUT2D eigenvalue weighted by Crippen LogP contribution is -2.36. The van der Waals surface area contributed by atoms with Crippen molar-refractivity contribution in [1.82, 2.24) is 29.7 Å². The van der Waals surface area contributed by atoms with Crippen LogP contribution in [0.3, 0.4) is 0 Å². The molecule has 10 heteroatoms. The predicted molar refractivity (Wildman–Crippen MR) is 143 cm³/mol. The molecule has 0 aliphatic carbocycles. The highest BCUT2D eigenvalue weighted by Crippen LogP contribution is 2.29. The van der Waals surface area contributed by atoms with Gasteiger partial charge in [-0.1, -0.05) is 6.07 Å². The van der Waals surface area contributed by atoms with Gasteiger partial charge in [0.2, 0.25) is 0 Å². The molecule has 4 aromatic rings. The highest BCUT2D eigenvalue weighted by atomic mass is 35.5. The molecule has 0 saturated carbocycles. The molecular weight excluding hydrogens is 476 g/mol. The van der Waals surface area contributed by atoms with E-state index in [0.29, 0.717) is 5.92 Å². The Kier molecular flexibility index (Phi) is 8.00. The van der Waals surface area contributed by atoms with Crippen molar-refractivity contribution in [3.63, 3.8) is 0 Å². The van der Waals surface area contributed by atoms with Crippen LogP contribution in [0, 0.1) is 19.8 Å². The summed E-state index contributed by atoms with van der Waals surface area (Å²) in [5.41, 5.74) is 4.60. The maximum absolute atomic E-state index is 5.62. The molecule has 4 heterocycles. The van der Waals surface area contributed by atoms with Crippen molar-refractivity contribution in [1.29, 1.82) is 0 Å². The fraction of sp³-hybridized carbons (Fsp3) is 0.346. The minimum Gasteiger partial charge on any atom is -0.495 e. The van der Waals surface area contributed by atoms with E-state index in [1.54, 1.807) is 19.6 Å². The number of rotatable bonds is 7. The van der Waals surface area contributed by atoms with Gasteiger partial charge in [-0.2, -0.15) is 0 Å². The fourth-order valence-corrected chi connectivity index (χ4v) is 4.40. The van der Waals surface area contributed by atoms with Crippen molar-refractivity contribution >= 4 is 24.0 Å². The van der Waals surface area contributed by atoms with E-state index in [2.05, 4.69) is 35.4 Å². The van der Waals surface area contributed by atoms with Gasteiger partial charge in [-0.25, -0.2) is 9.97 Å². The van der Waals surface area contributed by atoms with Crippen LogP contribution >= 0.6 is 12.4 Å². The topological polar surface area (TPSA) is 93.9 Å². The van der Waals surface area contributed by atoms with Crippen molar-refractivity contribution in [2.45, 2.75) is 26.7 Å². The quantitative estimate of drug-likeness (QED) is 0.391. The first-order valence-electron chi connectivity index (χ1n) is 11.9. The number of hydrogen-bond acceptors (Lipinski definition) is 8. The van der Waals surface area contributed by atoms with Crippen LogP contribution in [0.15, 0.2) is 55.2 Å². The SMILES string of the molecule is COc1cc(-c2ccc(NCC3CCN(c4cncc(C)n4)CC3)nn2)ccc1-n1cnc(C)c1.Cl. The number of nitrogens with zero attached hydrogens (tertiary/aromatic N) is 7. The molecule has 1 aliphatic heterocycles. The van der Waals surface area contributed by atoms with Gasteiger partial charge in [0, 0.05) is 37.6 Å². The number of hydrogen-bond donors (Lipinski definition) is 1. The third-order valence-electron chi connectivity index (χ3n) is 6.38. The summed E-state index contributed by atoms with van der Waals surface area (Å²) in [5.74, 6) is 3.11. The van der Waals surface area contributed by atoms with Crippen LogP contribution in [0.5, 0.6) is 5.75 Å². The molecule has 0 spiro atoms. The Morgan fingerprint density at radius 2 is 1.86 bits per heavy atom. The van der Waals surface area contributed by atoms with Crippen LogP contribution in [-0.4, -0.2) is 56.5 Å². The Balaban J connectivity index is 0.00000304. The molecule has 0 atom stereocenters. The number of halogens is 1. The van der Waals surface area contributed by atoms with E-state index in [1.165, 1.54) is 0 Å². The Labute approximate surface area is 217 Å². The minimum atomic E-state index is 0. The van der Waals surface area contributed by atoms with Crippen LogP contribution in [0.25, 0.3) is 16.9 Å². The van der Waals surface area contributed by atoms with Gasteiger partial charge in [-0.15, -0.1) is 22.6 Å². The molecule has 0 bridgehead atoms. The van der Waals surface area contributed by atoms with Crippen LogP contribution in [0.1, 0.15) is 24.2 Å². The van der Waals surface area contributed by atoms with E-state index in [1.807, 2.05) is 61.1 Å². The minimum absolute atomic E-state index is 0. The second-order valence-corrected chi connectivity index (χ2v) is 8.94. The molecule has 1 saturated heterocycles. The molecular formula is C26H31ClN8O. The molecule has 0 radical (unpaired) electrons. The van der Waals surface area contributed by atoms with Gasteiger partial charge in [0.25, 0.3) is 0 Å². The molecule has 1 aromatic carbocycles. The lowest BCUT2D eigenvalue weighted by molar-refractivity contribution is 0.413. The monoisotopic (exact) mass is 506 g/mol. The number of benzene rings is 1. The average molecular weight is 507 g/mol. The lowest BCUT2D eigenvalue weighted by atomic mass is 9.97. The number of anilines is 2. The van der Waals surface area contributed by atoms with E-state index >= 15 is 0 Å². The summed E-state index contributed by atoms with van der Waals surface area (Å²) in [5, 5.41) is 12.3. The van der Waals surface area contributed by atoms with Gasteiger partial charge in [0.15, 0.2) is 0 Å². The summed E-state index contributed by atoms with van der Waals surface area (Å²) >= 11 is 0. The first-order valence-corrected chi connectivity index (χ1v) is 11.9. The Hall–Kier alpha value is -3.72. The van der Waals surface area contributed by atoms with Gasteiger partial charge in [-0.3, -0.25) is 4.98 Å². The Morgan fingerprint density at radius 1 is 1.03 bits per heavy atom. The summed E-state index contributed by atoms with van der Waals surface area (Å²) in [6, 6.07) is 9.99. The maximum Gasteiger partial charge on any atom is 0.148 e. The molecule has 0 amide bonds. The average Bonchev–Trinajstić information content (AvgIpc) is 3.33. The number of methoxy groups -OCH3 is 1. The van der Waals surface area contributed by atoms with Gasteiger partial charge in [0.05, 0.1) is 42.4 Å². The number of aryl methyl sites for hydroxylation is 2. The second-order valence-electron chi connectivity index (χ2n) is 8.94. The van der Waals surface area contributed by atoms with E-state index in [0.717, 1.165) is 78.2 Å². The third-order valence-corrected chi connectivity index (χ3v) is 6.38. The van der Waals surface area contributed by atoms with Gasteiger partial charge in [-0.05, 0) is 56.9 Å². The fourth-order valence-electron chi connectivity index (χ4n) is 4.40. The van der Waals surface area contributed by atoms with Crippen molar-refractivity contribution in [2.75, 3.05) is 37.0 Å². The zero-order valence-corrected chi connectivity index (χ0v) is 21.6. The summed E-state index contributed by atoms with van der Waals surface area (Å²) in [6.45, 7) is 6.81. The number of imidazole rings is 1. The highest BCUT2D eigenvalue weighted by molar-refractivity contribution is 5.85. The first-order chi connectivity index (χ1) is 17.1. The van der Waals surface area contributed by atoms with E-state index < -0.39 is 0 Å². The summed E-state index contributed by atoms with van der Waals surface area (Å²) in [7, 11) is 1.67. The molecule has 36 heavy (non-hydrogen) atoms. The number of aromatic nitrogens is 6. The van der Waals surface area contributed by atoms with Gasteiger partial charge in [0.1, 0.15) is 17.4 Å². The molecule has 9 nitrogen and oxygen atoms in total. The normalized spacial score (nSPS) is 13.8. The summed E-state index contributed by atoms with van der Waals surface area (Å²) < 4.78 is 7.58. The largest absolute Gasteiger partial charge is 0.495 e. The number of piperidine rings is 1. The molecule has 1 aliphatic rings. The lowest BCUT2D eigenvalue weighted by Gasteiger charge is -2.32. The third kappa shape index (κ3) is 5.73. The first kappa shape index (κ1) is 25.4. The summed E-state index contributed by atoms with van der Waals surface area (Å²) in [4.78, 5) is 15.5. The molecule has 1 fully saturated rings. The van der Waals surface area contributed by atoms with Gasteiger partial charge >= 0.3 is 0 Å². The zero-order valence-electron chi connectivity index (χ0n) is 20.8. The Morgan fingerprint density at radius 3 is 2.53 bits per heavy atom. The molecule has 1 N–H and O–H groups in total. The number of ether oxygens (including phenoxy) is 1. The van der Waals surface area contributed by atoms with Crippen molar-refractivity contribution in [2.24, 2.45) is 5.92 Å². The predicted octanol–water partition coefficient (Wildman–Crippen LogP) is 4.50. The maximum atomic E-state index is 5.62. The molecule has 188 valence electrons. The van der Waals surface area contributed by atoms with Gasteiger partial charge < -0.3 is 19.5 Å². The van der Waals surface area contributed by atoms with Crippen molar-refractivity contribution in [3.05, 3.63) is 66.6 Å². The van der Waals surface area contributed by atoms with Crippen LogP contribution < -0.4 is 15.0 Å². The smallest absolute Gasteiger partial charge is 0.148 e. The van der Waals surface area contributed by atoms with E-state index in [4.69, 9.17) is 4.74 Å². The highest BCUT2D eigenvalue weighted by Gasteiger charge is 2.20. The van der Waals surface area contributed by atoms with Crippen LogP contribution in [0.2, 0.25) is 0 Å². The van der Waals surface area contributed by atoms with E-state index in [9.17, 15) is 0 Å². The number of nitrogens with one attached hydrogen (secondary N) is 1. The summed E-state index contributed by atoms with van der Waals surface area (Å²) in [6.07, 6.45) is 9.62. The second kappa shape index (κ2) is 11.3. The molecule has 3 aromatic heterocycles. The van der Waals surface area contributed by atoms with E-state index in [-0.39, 0.29) is 12.4 Å². The molecule has 5 rings (SSSR count). The van der Waals surface area contributed by atoms with Crippen molar-refractivity contribution in [3.8, 4) is 22.7 Å². The van der Waals surface area contributed by atoms with Crippen molar-refractivity contribution < 1.29 is 4.74 Å². The molecule has 0 unspecified atom stereocenters. The van der Waals surface area contributed by atoms with Crippen LogP contribution in [-0.2, 0) is 0 Å². The Bertz CT molecular complexity index is 1290. The van der Waals surface area contributed by atoms with Crippen LogP contribution in [0.4, 0.5) is 11.6 Å².